The molecule has 80 valence electrons. The first-order chi connectivity index (χ1) is 7.75. The monoisotopic (exact) mass is 214 g/mol. The van der Waals surface area contributed by atoms with Crippen LogP contribution in [0.5, 0.6) is 0 Å². The summed E-state index contributed by atoms with van der Waals surface area (Å²) in [5.41, 5.74) is 2.12. The van der Waals surface area contributed by atoms with E-state index in [4.69, 9.17) is 0 Å². The second-order valence-electron chi connectivity index (χ2n) is 3.18. The van der Waals surface area contributed by atoms with E-state index in [1.807, 2.05) is 6.07 Å². The minimum atomic E-state index is -0.0959. The zero-order chi connectivity index (χ0) is 11.4. The van der Waals surface area contributed by atoms with Crippen molar-refractivity contribution in [1.29, 1.82) is 0 Å². The number of H-pyrrole nitrogens is 1. The summed E-state index contributed by atoms with van der Waals surface area (Å²) in [6.45, 7) is 1.77. The Morgan fingerprint density at radius 1 is 1.62 bits per heavy atom. The Kier molecular flexibility index (Phi) is 2.83. The molecule has 16 heavy (non-hydrogen) atoms. The molecule has 0 radical (unpaired) electrons. The van der Waals surface area contributed by atoms with E-state index in [0.717, 1.165) is 11.2 Å². The zero-order valence-electron chi connectivity index (χ0n) is 8.74. The highest BCUT2D eigenvalue weighted by atomic mass is 16.1. The van der Waals surface area contributed by atoms with Gasteiger partial charge in [0.25, 0.3) is 0 Å². The number of carbonyl (C=O) groups excluding carboxylic acids is 1. The molecule has 2 aromatic rings. The molecule has 5 heteroatoms. The van der Waals surface area contributed by atoms with Crippen molar-refractivity contribution in [2.75, 3.05) is 6.54 Å². The van der Waals surface area contributed by atoms with Gasteiger partial charge in [-0.05, 0) is 12.0 Å². The summed E-state index contributed by atoms with van der Waals surface area (Å²) in [6.07, 6.45) is 3.37. The molecule has 1 amide bonds. The number of fused-ring (bicyclic) bond motifs is 1. The van der Waals surface area contributed by atoms with Gasteiger partial charge in [0.1, 0.15) is 11.2 Å². The third kappa shape index (κ3) is 2.36. The Morgan fingerprint density at radius 3 is 3.31 bits per heavy atom. The second kappa shape index (κ2) is 4.45. The standard InChI is InChI=1S/C11H10N4O/c1-8(16)12-5-2-3-9-7-14-11-10(15-9)4-6-13-11/h4,6-7H,5H2,1H3,(H,12,16)(H,13,14). The Hall–Kier alpha value is -2.35. The van der Waals surface area contributed by atoms with Crippen molar-refractivity contribution < 1.29 is 4.79 Å². The van der Waals surface area contributed by atoms with Crippen LogP contribution in [0.3, 0.4) is 0 Å². The van der Waals surface area contributed by atoms with Gasteiger partial charge in [-0.25, -0.2) is 9.97 Å². The molecule has 0 saturated carbocycles. The number of nitrogens with one attached hydrogen (secondary N) is 2. The fourth-order valence-corrected chi connectivity index (χ4v) is 1.19. The molecule has 2 aromatic heterocycles. The maximum Gasteiger partial charge on any atom is 0.217 e. The smallest absolute Gasteiger partial charge is 0.217 e. The van der Waals surface area contributed by atoms with Crippen molar-refractivity contribution in [2.45, 2.75) is 6.92 Å². The van der Waals surface area contributed by atoms with E-state index in [2.05, 4.69) is 32.1 Å². The molecule has 0 aliphatic heterocycles. The molecule has 0 fully saturated rings. The van der Waals surface area contributed by atoms with Gasteiger partial charge in [-0.1, -0.05) is 5.92 Å². The van der Waals surface area contributed by atoms with Crippen molar-refractivity contribution in [3.8, 4) is 11.8 Å². The normalized spacial score (nSPS) is 9.56. The highest BCUT2D eigenvalue weighted by Crippen LogP contribution is 2.05. The average Bonchev–Trinajstić information content (AvgIpc) is 2.71. The minimum absolute atomic E-state index is 0.0959. The summed E-state index contributed by atoms with van der Waals surface area (Å²) in [5.74, 6) is 5.53. The maximum absolute atomic E-state index is 10.6. The van der Waals surface area contributed by atoms with Crippen LogP contribution in [0, 0.1) is 11.8 Å². The van der Waals surface area contributed by atoms with Crippen LogP contribution in [0.25, 0.3) is 11.2 Å². The van der Waals surface area contributed by atoms with Crippen molar-refractivity contribution in [3.63, 3.8) is 0 Å². The van der Waals surface area contributed by atoms with E-state index in [0.29, 0.717) is 12.2 Å². The van der Waals surface area contributed by atoms with E-state index in [1.54, 1.807) is 12.4 Å². The molecule has 0 spiro atoms. The second-order valence-corrected chi connectivity index (χ2v) is 3.18. The van der Waals surface area contributed by atoms with Gasteiger partial charge in [0, 0.05) is 13.1 Å². The molecular weight excluding hydrogens is 204 g/mol. The molecule has 0 aliphatic carbocycles. The number of aromatic amines is 1. The molecule has 2 rings (SSSR count). The molecule has 0 saturated heterocycles. The largest absolute Gasteiger partial charge is 0.345 e. The third-order valence-corrected chi connectivity index (χ3v) is 1.90. The van der Waals surface area contributed by atoms with E-state index >= 15 is 0 Å². The van der Waals surface area contributed by atoms with Gasteiger partial charge in [-0.2, -0.15) is 0 Å². The molecule has 2 N–H and O–H groups in total. The van der Waals surface area contributed by atoms with Crippen LogP contribution in [-0.4, -0.2) is 27.4 Å². The number of aromatic nitrogens is 3. The predicted octanol–water partition coefficient (Wildman–Crippen LogP) is 0.446. The summed E-state index contributed by atoms with van der Waals surface area (Å²) < 4.78 is 0. The molecule has 0 unspecified atom stereocenters. The Labute approximate surface area is 92.3 Å². The van der Waals surface area contributed by atoms with Gasteiger partial charge in [-0.3, -0.25) is 4.79 Å². The summed E-state index contributed by atoms with van der Waals surface area (Å²) in [7, 11) is 0. The summed E-state index contributed by atoms with van der Waals surface area (Å²) in [6, 6.07) is 1.83. The summed E-state index contributed by atoms with van der Waals surface area (Å²) in [5, 5.41) is 2.58. The van der Waals surface area contributed by atoms with Gasteiger partial charge in [0.15, 0.2) is 5.65 Å². The number of hydrogen-bond acceptors (Lipinski definition) is 3. The van der Waals surface area contributed by atoms with Gasteiger partial charge < -0.3 is 10.3 Å². The number of hydrogen-bond donors (Lipinski definition) is 2. The molecule has 2 heterocycles. The SMILES string of the molecule is CC(=O)NCC#Cc1cnc2[nH]ccc2n1. The van der Waals surface area contributed by atoms with Gasteiger partial charge >= 0.3 is 0 Å². The Bertz CT molecular complexity index is 576. The van der Waals surface area contributed by atoms with Crippen LogP contribution in [0.1, 0.15) is 12.6 Å². The fourth-order valence-electron chi connectivity index (χ4n) is 1.19. The number of carbonyl (C=O) groups is 1. The molecule has 0 atom stereocenters. The lowest BCUT2D eigenvalue weighted by Gasteiger charge is -1.92. The van der Waals surface area contributed by atoms with Crippen LogP contribution >= 0.6 is 0 Å². The maximum atomic E-state index is 10.6. The van der Waals surface area contributed by atoms with Crippen molar-refractivity contribution in [1.82, 2.24) is 20.3 Å². The molecule has 0 bridgehead atoms. The zero-order valence-corrected chi connectivity index (χ0v) is 8.74. The Balaban J connectivity index is 2.11. The lowest BCUT2D eigenvalue weighted by Crippen LogP contribution is -2.19. The Morgan fingerprint density at radius 2 is 2.50 bits per heavy atom. The molecule has 0 aromatic carbocycles. The van der Waals surface area contributed by atoms with E-state index < -0.39 is 0 Å². The van der Waals surface area contributed by atoms with Crippen molar-refractivity contribution in [3.05, 3.63) is 24.2 Å². The number of nitrogens with zero attached hydrogens (tertiary/aromatic N) is 2. The number of amides is 1. The van der Waals surface area contributed by atoms with Crippen molar-refractivity contribution in [2.24, 2.45) is 0 Å². The highest BCUT2D eigenvalue weighted by molar-refractivity contribution is 5.73. The average molecular weight is 214 g/mol. The van der Waals surface area contributed by atoms with Crippen LogP contribution in [-0.2, 0) is 4.79 Å². The molecule has 0 aliphatic rings. The lowest BCUT2D eigenvalue weighted by atomic mass is 10.4. The third-order valence-electron chi connectivity index (χ3n) is 1.90. The first-order valence-electron chi connectivity index (χ1n) is 4.79. The summed E-state index contributed by atoms with van der Waals surface area (Å²) in [4.78, 5) is 22.0. The lowest BCUT2D eigenvalue weighted by molar-refractivity contribution is -0.118. The quantitative estimate of drug-likeness (QED) is 0.677. The predicted molar refractivity (Wildman–Crippen MR) is 59.5 cm³/mol. The van der Waals surface area contributed by atoms with Gasteiger partial charge in [0.05, 0.1) is 12.7 Å². The van der Waals surface area contributed by atoms with E-state index in [-0.39, 0.29) is 5.91 Å². The van der Waals surface area contributed by atoms with Crippen molar-refractivity contribution >= 4 is 17.1 Å². The molecular formula is C11H10N4O. The highest BCUT2D eigenvalue weighted by Gasteiger charge is 1.96. The van der Waals surface area contributed by atoms with E-state index in [1.165, 1.54) is 6.92 Å². The van der Waals surface area contributed by atoms with E-state index in [9.17, 15) is 4.79 Å². The molecule has 5 nitrogen and oxygen atoms in total. The minimum Gasteiger partial charge on any atom is -0.345 e. The van der Waals surface area contributed by atoms with Crippen LogP contribution in [0.2, 0.25) is 0 Å². The van der Waals surface area contributed by atoms with Crippen LogP contribution in [0.15, 0.2) is 18.5 Å². The summed E-state index contributed by atoms with van der Waals surface area (Å²) >= 11 is 0. The van der Waals surface area contributed by atoms with Crippen LogP contribution < -0.4 is 5.32 Å². The first-order valence-corrected chi connectivity index (χ1v) is 4.79. The topological polar surface area (TPSA) is 70.7 Å². The van der Waals surface area contributed by atoms with Crippen LogP contribution in [0.4, 0.5) is 0 Å². The van der Waals surface area contributed by atoms with Gasteiger partial charge in [0.2, 0.25) is 5.91 Å². The fraction of sp³-hybridized carbons (Fsp3) is 0.182. The first kappa shape index (κ1) is 10.2. The van der Waals surface area contributed by atoms with Gasteiger partial charge in [-0.15, -0.1) is 0 Å². The number of rotatable bonds is 1.